The summed E-state index contributed by atoms with van der Waals surface area (Å²) in [6, 6.07) is 0. The minimum atomic E-state index is -7.43. The Morgan fingerprint density at radius 2 is 0.620 bits per heavy atom. The van der Waals surface area contributed by atoms with E-state index in [9.17, 15) is 52.5 Å². The molecule has 0 aromatic rings. The van der Waals surface area contributed by atoms with E-state index in [0.29, 0.717) is 0 Å². The third-order valence-electron chi connectivity index (χ3n) is 9.37. The lowest BCUT2D eigenvalue weighted by molar-refractivity contribution is -0.382. The summed E-state index contributed by atoms with van der Waals surface area (Å²) in [5.74, 6) is -14.8. The van der Waals surface area contributed by atoms with Crippen molar-refractivity contribution in [1.82, 2.24) is 0 Å². The molecule has 0 fully saturated rings. The summed E-state index contributed by atoms with van der Waals surface area (Å²) < 4.78 is 135. The molecule has 0 radical (unpaired) electrons. The van der Waals surface area contributed by atoms with Crippen LogP contribution in [0.2, 0.25) is 0 Å². The van der Waals surface area contributed by atoms with Gasteiger partial charge in [-0.1, -0.05) is 130 Å². The van der Waals surface area contributed by atoms with E-state index in [1.807, 2.05) is 0 Å². The van der Waals surface area contributed by atoms with Crippen molar-refractivity contribution in [2.75, 3.05) is 24.6 Å². The number of hydrogen-bond donors (Lipinski definition) is 0. The molecule has 304 valence electrons. The quantitative estimate of drug-likeness (QED) is 0.0305. The van der Waals surface area contributed by atoms with E-state index in [1.54, 1.807) is 50.3 Å². The van der Waals surface area contributed by atoms with Crippen molar-refractivity contribution in [2.45, 2.75) is 205 Å². The van der Waals surface area contributed by atoms with Gasteiger partial charge < -0.3 is 4.55 Å². The minimum Gasteiger partial charge on any atom is -0.743 e. The molecule has 0 aromatic heterocycles. The van der Waals surface area contributed by atoms with Crippen LogP contribution in [0.3, 0.4) is 0 Å². The maximum Gasteiger partial charge on any atom is 0.460 e. The Bertz CT molecular complexity index is 886. The van der Waals surface area contributed by atoms with Gasteiger partial charge in [-0.3, -0.25) is 0 Å². The van der Waals surface area contributed by atoms with Crippen LogP contribution in [0.1, 0.15) is 182 Å². The van der Waals surface area contributed by atoms with E-state index < -0.39 is 40.7 Å². The second kappa shape index (κ2) is 27.3. The molecule has 0 amide bonds. The smallest absolute Gasteiger partial charge is 0.460 e. The summed E-state index contributed by atoms with van der Waals surface area (Å²) in [4.78, 5) is 0. The lowest BCUT2D eigenvalue weighted by Crippen LogP contribution is -2.63. The van der Waals surface area contributed by atoms with E-state index in [-0.39, 0.29) is 0 Å². The molecule has 0 aliphatic heterocycles. The van der Waals surface area contributed by atoms with Gasteiger partial charge in [-0.25, -0.2) is 8.42 Å². The molecule has 0 bridgehead atoms. The first kappa shape index (κ1) is 51.8. The highest BCUT2D eigenvalue weighted by molar-refractivity contribution is 7.86. The van der Waals surface area contributed by atoms with Crippen LogP contribution in [-0.2, 0) is 10.1 Å². The summed E-state index contributed by atoms with van der Waals surface area (Å²) in [7, 11) is -8.11. The van der Waals surface area contributed by atoms with Gasteiger partial charge in [0.2, 0.25) is 0 Å². The lowest BCUT2D eigenvalue weighted by atomic mass is 10.1. The van der Waals surface area contributed by atoms with Crippen molar-refractivity contribution in [2.24, 2.45) is 0 Å². The van der Waals surface area contributed by atoms with E-state index in [4.69, 9.17) is 0 Å². The summed E-state index contributed by atoms with van der Waals surface area (Å²) in [5.41, 5.74) is 0. The third kappa shape index (κ3) is 20.2. The Morgan fingerprint density at radius 3 is 0.840 bits per heavy atom. The Labute approximate surface area is 299 Å². The second-order valence-corrected chi connectivity index (χ2v) is 19.8. The zero-order chi connectivity index (χ0) is 38.8. The van der Waals surface area contributed by atoms with Crippen molar-refractivity contribution in [3.05, 3.63) is 0 Å². The fraction of sp³-hybridized carbons (Fsp3) is 1.00. The number of hydrogen-bond acceptors (Lipinski definition) is 3. The monoisotopic (exact) mass is 782 g/mol. The molecule has 0 aliphatic rings. The van der Waals surface area contributed by atoms with Crippen molar-refractivity contribution < 1.29 is 52.5 Å². The van der Waals surface area contributed by atoms with Gasteiger partial charge in [-0.2, -0.15) is 39.5 Å². The highest BCUT2D eigenvalue weighted by Crippen LogP contribution is 2.61. The van der Waals surface area contributed by atoms with Crippen LogP contribution in [0.15, 0.2) is 0 Å². The van der Waals surface area contributed by atoms with Gasteiger partial charge in [-0.15, -0.1) is 0 Å². The van der Waals surface area contributed by atoms with E-state index in [0.717, 1.165) is 0 Å². The summed E-state index contributed by atoms with van der Waals surface area (Å²) >= 11 is 0. The average Bonchev–Trinajstić information content (AvgIpc) is 3.03. The molecular weight excluding hydrogens is 714 g/mol. The molecule has 0 spiro atoms. The molecule has 0 N–H and O–H groups in total. The van der Waals surface area contributed by atoms with Gasteiger partial charge in [0.25, 0.3) is 0 Å². The second-order valence-electron chi connectivity index (χ2n) is 13.9. The minimum absolute atomic E-state index is 0.697. The largest absolute Gasteiger partial charge is 0.743 e. The Kier molecular flexibility index (Phi) is 28.3. The molecule has 0 rings (SSSR count). The van der Waals surface area contributed by atoms with Crippen molar-refractivity contribution >= 4 is 17.4 Å². The predicted molar refractivity (Wildman–Crippen MR) is 190 cm³/mol. The molecule has 0 aromatic carbocycles. The number of halogens is 9. The highest BCUT2D eigenvalue weighted by atomic mass is 32.2. The van der Waals surface area contributed by atoms with Gasteiger partial charge in [0.05, 0.1) is 24.6 Å². The molecule has 0 atom stereocenters. The standard InChI is InChI=1S/C32H68P.C4HF9O3S/c1-5-9-13-17-18-19-20-21-22-23-24-28-32-33(29-25-14-10-6-2,30-26-15-11-7-3)31-27-16-12-8-4;5-1(6,3(9,10)11)2(7,8)4(12,13)17(14,15)16/h5-32H2,1-4H3;(H,14,15,16)/q+1;/p-1. The number of unbranched alkanes of at least 4 members (excludes halogenated alkanes) is 20. The van der Waals surface area contributed by atoms with Crippen LogP contribution < -0.4 is 0 Å². The van der Waals surface area contributed by atoms with Gasteiger partial charge in [0.15, 0.2) is 10.1 Å². The lowest BCUT2D eigenvalue weighted by Gasteiger charge is -2.34. The first-order valence-electron chi connectivity index (χ1n) is 19.2. The molecule has 0 unspecified atom stereocenters. The van der Waals surface area contributed by atoms with Crippen molar-refractivity contribution in [3.63, 3.8) is 0 Å². The van der Waals surface area contributed by atoms with Gasteiger partial charge >= 0.3 is 23.3 Å². The van der Waals surface area contributed by atoms with Crippen LogP contribution in [0.25, 0.3) is 0 Å². The van der Waals surface area contributed by atoms with E-state index in [2.05, 4.69) is 27.7 Å². The topological polar surface area (TPSA) is 57.2 Å². The molecule has 50 heavy (non-hydrogen) atoms. The predicted octanol–water partition coefficient (Wildman–Crippen LogP) is 14.4. The maximum absolute atomic E-state index is 12.2. The molecule has 3 nitrogen and oxygen atoms in total. The van der Waals surface area contributed by atoms with E-state index in [1.165, 1.54) is 128 Å². The SMILES string of the molecule is CCCCCCCCCCCCCC[P+](CCCCCC)(CCCCCC)CCCCCC.O=S(=O)([O-])C(F)(F)C(F)(F)C(F)(F)C(F)(F)F. The summed E-state index contributed by atoms with van der Waals surface area (Å²) in [6.45, 7) is 9.41. The summed E-state index contributed by atoms with van der Waals surface area (Å²) in [5, 5.41) is -7.11. The zero-order valence-corrected chi connectivity index (χ0v) is 33.0. The molecule has 0 heterocycles. The molecule has 0 saturated carbocycles. The normalized spacial score (nSPS) is 13.4. The van der Waals surface area contributed by atoms with Crippen LogP contribution in [-0.4, -0.2) is 60.9 Å². The first-order chi connectivity index (χ1) is 23.2. The van der Waals surface area contributed by atoms with Crippen molar-refractivity contribution in [3.8, 4) is 0 Å². The highest BCUT2D eigenvalue weighted by Gasteiger charge is 2.83. The van der Waals surface area contributed by atoms with Crippen LogP contribution in [0, 0.1) is 0 Å². The number of rotatable bonds is 31. The first-order valence-corrected chi connectivity index (χ1v) is 23.2. The summed E-state index contributed by atoms with van der Waals surface area (Å²) in [6.07, 6.45) is 34.9. The molecule has 0 saturated heterocycles. The van der Waals surface area contributed by atoms with Crippen LogP contribution in [0.4, 0.5) is 39.5 Å². The van der Waals surface area contributed by atoms with E-state index >= 15 is 0 Å². The molecule has 14 heteroatoms. The Hall–Kier alpha value is -0.290. The van der Waals surface area contributed by atoms with Crippen LogP contribution >= 0.6 is 7.26 Å². The fourth-order valence-electron chi connectivity index (χ4n) is 6.10. The zero-order valence-electron chi connectivity index (χ0n) is 31.3. The van der Waals surface area contributed by atoms with Gasteiger partial charge in [-0.05, 0) is 51.4 Å². The van der Waals surface area contributed by atoms with Gasteiger partial charge in [0, 0.05) is 7.26 Å². The Balaban J connectivity index is 0. The average molecular weight is 783 g/mol. The molecular formula is C36H68F9O3PS. The van der Waals surface area contributed by atoms with Gasteiger partial charge in [0.1, 0.15) is 0 Å². The Morgan fingerprint density at radius 1 is 0.400 bits per heavy atom. The third-order valence-corrected chi connectivity index (χ3v) is 15.3. The fourth-order valence-corrected chi connectivity index (χ4v) is 11.5. The number of alkyl halides is 9. The van der Waals surface area contributed by atoms with Crippen LogP contribution in [0.5, 0.6) is 0 Å². The maximum atomic E-state index is 12.2. The molecule has 0 aliphatic carbocycles. The van der Waals surface area contributed by atoms with Crippen molar-refractivity contribution in [1.29, 1.82) is 0 Å².